The van der Waals surface area contributed by atoms with E-state index < -0.39 is 23.6 Å². The summed E-state index contributed by atoms with van der Waals surface area (Å²) < 4.78 is 22.7. The number of hydrogen-bond donors (Lipinski definition) is 3. The molecule has 0 saturated heterocycles. The van der Waals surface area contributed by atoms with Crippen molar-refractivity contribution in [2.24, 2.45) is 0 Å². The molecule has 1 aliphatic rings. The summed E-state index contributed by atoms with van der Waals surface area (Å²) in [6.07, 6.45) is -1.09. The molecule has 0 bridgehead atoms. The molecule has 310 valence electrons. The normalized spacial score (nSPS) is 12.2. The number of esters is 1. The van der Waals surface area contributed by atoms with Gasteiger partial charge in [0, 0.05) is 31.0 Å². The van der Waals surface area contributed by atoms with E-state index in [9.17, 15) is 19.2 Å². The first-order valence-electron chi connectivity index (χ1n) is 20.1. The Kier molecular flexibility index (Phi) is 13.4. The number of rotatable bonds is 17. The lowest BCUT2D eigenvalue weighted by molar-refractivity contribution is -0.147. The van der Waals surface area contributed by atoms with E-state index in [1.54, 1.807) is 18.2 Å². The first kappa shape index (κ1) is 41.7. The number of nitrogens with one attached hydrogen (secondary N) is 3. The van der Waals surface area contributed by atoms with E-state index >= 15 is 0 Å². The van der Waals surface area contributed by atoms with Crippen molar-refractivity contribution in [1.29, 1.82) is 0 Å². The molecule has 0 spiro atoms. The quantitative estimate of drug-likeness (QED) is 0.0630. The molecule has 0 fully saturated rings. The summed E-state index contributed by atoms with van der Waals surface area (Å²) in [6.45, 7) is -0.374. The van der Waals surface area contributed by atoms with Crippen LogP contribution >= 0.6 is 0 Å². The molecule has 7 rings (SSSR count). The molecular weight excluding hydrogens is 771 g/mol. The summed E-state index contributed by atoms with van der Waals surface area (Å²) in [5, 5.41) is 8.52. The summed E-state index contributed by atoms with van der Waals surface area (Å²) in [5.41, 5.74) is 6.21. The van der Waals surface area contributed by atoms with E-state index in [1.807, 2.05) is 140 Å². The van der Waals surface area contributed by atoms with Crippen LogP contribution in [0.4, 0.5) is 4.79 Å². The van der Waals surface area contributed by atoms with Crippen molar-refractivity contribution in [1.82, 2.24) is 16.0 Å². The zero-order chi connectivity index (χ0) is 42.6. The molecule has 6 aromatic rings. The summed E-state index contributed by atoms with van der Waals surface area (Å²) >= 11 is 0. The second-order valence-corrected chi connectivity index (χ2v) is 14.5. The Morgan fingerprint density at radius 1 is 0.656 bits per heavy atom. The fourth-order valence-corrected chi connectivity index (χ4v) is 7.76. The number of carbonyl (C=O) groups is 4. The van der Waals surface area contributed by atoms with Crippen molar-refractivity contribution >= 4 is 23.9 Å². The van der Waals surface area contributed by atoms with Gasteiger partial charge < -0.3 is 34.9 Å². The predicted octanol–water partition coefficient (Wildman–Crippen LogP) is 7.66. The molecule has 0 unspecified atom stereocenters. The summed E-state index contributed by atoms with van der Waals surface area (Å²) in [7, 11) is 2.98. The molecule has 3 amide bonds. The Labute approximate surface area is 355 Å². The van der Waals surface area contributed by atoms with E-state index in [2.05, 4.69) is 16.0 Å². The molecule has 61 heavy (non-hydrogen) atoms. The van der Waals surface area contributed by atoms with Crippen LogP contribution in [0.25, 0.3) is 11.1 Å². The molecule has 0 aliphatic heterocycles. The van der Waals surface area contributed by atoms with E-state index in [0.717, 1.165) is 38.9 Å². The molecule has 3 N–H and O–H groups in total. The summed E-state index contributed by atoms with van der Waals surface area (Å²) in [6, 6.07) is 48.7. The zero-order valence-corrected chi connectivity index (χ0v) is 34.0. The van der Waals surface area contributed by atoms with Crippen molar-refractivity contribution in [2.75, 3.05) is 27.4 Å². The Morgan fingerprint density at radius 2 is 1.20 bits per heavy atom. The Morgan fingerprint density at radius 3 is 1.74 bits per heavy atom. The van der Waals surface area contributed by atoms with Crippen molar-refractivity contribution < 1.29 is 38.1 Å². The third-order valence-electron chi connectivity index (χ3n) is 10.8. The van der Waals surface area contributed by atoms with Crippen molar-refractivity contribution in [3.05, 3.63) is 191 Å². The van der Waals surface area contributed by atoms with Crippen LogP contribution in [0.2, 0.25) is 0 Å². The smallest absolute Gasteiger partial charge is 0.407 e. The van der Waals surface area contributed by atoms with Gasteiger partial charge in [-0.1, -0.05) is 140 Å². The molecule has 6 aromatic carbocycles. The maximum Gasteiger partial charge on any atom is 0.407 e. The minimum absolute atomic E-state index is 0.0292. The third-order valence-corrected chi connectivity index (χ3v) is 10.8. The highest BCUT2D eigenvalue weighted by molar-refractivity contribution is 5.84. The number of hydrogen-bond acceptors (Lipinski definition) is 8. The SMILES string of the molecule is CNC(=O)COc1ccc(COC(=O)[C@H](CCC(=O)NC(c2ccccc2)(c2ccccc2)c2ccccc2)NC(=O)OCC2c3ccccc3-c3ccccc32)c(OC)c1. The second-order valence-electron chi connectivity index (χ2n) is 14.5. The molecule has 0 saturated carbocycles. The van der Waals surface area contributed by atoms with Crippen LogP contribution < -0.4 is 25.4 Å². The predicted molar refractivity (Wildman–Crippen MR) is 231 cm³/mol. The first-order valence-corrected chi connectivity index (χ1v) is 20.1. The van der Waals surface area contributed by atoms with E-state index in [1.165, 1.54) is 14.2 Å². The molecule has 0 aromatic heterocycles. The maximum atomic E-state index is 14.3. The fourth-order valence-electron chi connectivity index (χ4n) is 7.76. The number of carbonyl (C=O) groups excluding carboxylic acids is 4. The van der Waals surface area contributed by atoms with Crippen molar-refractivity contribution in [2.45, 2.75) is 36.9 Å². The number of amides is 3. The van der Waals surface area contributed by atoms with Gasteiger partial charge in [-0.05, 0) is 57.5 Å². The molecular formula is C50H47N3O8. The van der Waals surface area contributed by atoms with Gasteiger partial charge in [0.15, 0.2) is 6.61 Å². The van der Waals surface area contributed by atoms with Gasteiger partial charge in [0.2, 0.25) is 5.91 Å². The number of alkyl carbamates (subject to hydrolysis) is 1. The fraction of sp³-hybridized carbons (Fsp3) is 0.200. The standard InChI is InChI=1S/C50H47N3O8/c1-51-47(55)33-59-38-27-26-34(45(30-38)58-2)31-60-48(56)44(52-49(57)61-32-43-41-24-14-12-22-39(41)40-23-13-15-25-42(40)43)28-29-46(54)53-50(35-16-6-3-7-17-35,36-18-8-4-9-19-36)37-20-10-5-11-21-37/h3-27,30,43-44H,28-29,31-33H2,1-2H3,(H,51,55)(H,52,57)(H,53,54)/t44-/m0/s1. The van der Waals surface area contributed by atoms with Crippen LogP contribution in [-0.4, -0.2) is 57.3 Å². The van der Waals surface area contributed by atoms with Gasteiger partial charge in [-0.15, -0.1) is 0 Å². The summed E-state index contributed by atoms with van der Waals surface area (Å²) in [4.78, 5) is 53.5. The lowest BCUT2D eigenvalue weighted by atomic mass is 9.77. The van der Waals surface area contributed by atoms with Gasteiger partial charge in [0.05, 0.1) is 7.11 Å². The van der Waals surface area contributed by atoms with Gasteiger partial charge >= 0.3 is 12.1 Å². The van der Waals surface area contributed by atoms with Crippen LogP contribution in [-0.2, 0) is 36.0 Å². The molecule has 0 radical (unpaired) electrons. The van der Waals surface area contributed by atoms with Crippen molar-refractivity contribution in [3.8, 4) is 22.6 Å². The van der Waals surface area contributed by atoms with Crippen LogP contribution in [0.15, 0.2) is 158 Å². The molecule has 11 heteroatoms. The highest BCUT2D eigenvalue weighted by Gasteiger charge is 2.38. The van der Waals surface area contributed by atoms with Gasteiger partial charge in [0.25, 0.3) is 5.91 Å². The lowest BCUT2D eigenvalue weighted by Gasteiger charge is -2.37. The molecule has 1 atom stereocenters. The monoisotopic (exact) mass is 817 g/mol. The van der Waals surface area contributed by atoms with Crippen LogP contribution in [0.3, 0.4) is 0 Å². The highest BCUT2D eigenvalue weighted by Crippen LogP contribution is 2.44. The topological polar surface area (TPSA) is 141 Å². The maximum absolute atomic E-state index is 14.3. The minimum atomic E-state index is -1.26. The zero-order valence-electron chi connectivity index (χ0n) is 34.0. The second kappa shape index (κ2) is 19.6. The first-order chi connectivity index (χ1) is 29.8. The van der Waals surface area contributed by atoms with Gasteiger partial charge in [0.1, 0.15) is 36.3 Å². The molecule has 1 aliphatic carbocycles. The van der Waals surface area contributed by atoms with E-state index in [-0.39, 0.29) is 50.4 Å². The Hall–Kier alpha value is -7.40. The van der Waals surface area contributed by atoms with Crippen molar-refractivity contribution in [3.63, 3.8) is 0 Å². The lowest BCUT2D eigenvalue weighted by Crippen LogP contribution is -2.48. The number of fused-ring (bicyclic) bond motifs is 3. The average molecular weight is 818 g/mol. The third kappa shape index (κ3) is 9.57. The Bertz CT molecular complexity index is 2320. The van der Waals surface area contributed by atoms with E-state index in [0.29, 0.717) is 17.1 Å². The molecule has 0 heterocycles. The van der Waals surface area contributed by atoms with Crippen LogP contribution in [0.1, 0.15) is 52.1 Å². The average Bonchev–Trinajstić information content (AvgIpc) is 3.64. The number of methoxy groups -OCH3 is 1. The highest BCUT2D eigenvalue weighted by atomic mass is 16.6. The van der Waals surface area contributed by atoms with Crippen LogP contribution in [0, 0.1) is 0 Å². The van der Waals surface area contributed by atoms with Gasteiger partial charge in [-0.2, -0.15) is 0 Å². The largest absolute Gasteiger partial charge is 0.496 e. The molecule has 11 nitrogen and oxygen atoms in total. The number of likely N-dealkylation sites (N-methyl/N-ethyl adjacent to an activating group) is 1. The van der Waals surface area contributed by atoms with E-state index in [4.69, 9.17) is 18.9 Å². The van der Waals surface area contributed by atoms with Gasteiger partial charge in [-0.3, -0.25) is 9.59 Å². The minimum Gasteiger partial charge on any atom is -0.496 e. The van der Waals surface area contributed by atoms with Crippen LogP contribution in [0.5, 0.6) is 11.5 Å². The Balaban J connectivity index is 1.10. The summed E-state index contributed by atoms with van der Waals surface area (Å²) in [5.74, 6) is -0.893. The number of ether oxygens (including phenoxy) is 4. The number of benzene rings is 6. The van der Waals surface area contributed by atoms with Gasteiger partial charge in [-0.25, -0.2) is 9.59 Å².